The average Bonchev–Trinajstić information content (AvgIpc) is 2.95. The van der Waals surface area contributed by atoms with Crippen LogP contribution in [0.1, 0.15) is 15.2 Å². The summed E-state index contributed by atoms with van der Waals surface area (Å²) in [5.74, 6) is 5.67. The first-order valence-electron chi connectivity index (χ1n) is 5.88. The van der Waals surface area contributed by atoms with E-state index in [0.29, 0.717) is 21.9 Å². The summed E-state index contributed by atoms with van der Waals surface area (Å²) >= 11 is 1.31. The summed E-state index contributed by atoms with van der Waals surface area (Å²) in [6, 6.07) is 8.93. The zero-order chi connectivity index (χ0) is 14.4. The minimum absolute atomic E-state index is 0.221. The summed E-state index contributed by atoms with van der Waals surface area (Å²) in [6.07, 6.45) is 0. The van der Waals surface area contributed by atoms with Crippen LogP contribution in [-0.2, 0) is 0 Å². The lowest BCUT2D eigenvalue weighted by Crippen LogP contribution is -2.12. The van der Waals surface area contributed by atoms with Gasteiger partial charge >= 0.3 is 0 Å². The molecule has 1 heterocycles. The van der Waals surface area contributed by atoms with Crippen molar-refractivity contribution in [2.24, 2.45) is 0 Å². The number of rotatable bonds is 3. The molecule has 1 aromatic heterocycles. The molecule has 4 nitrogen and oxygen atoms in total. The Balaban J connectivity index is 2.24. The molecular formula is C15H13NO3S. The van der Waals surface area contributed by atoms with Gasteiger partial charge in [-0.2, -0.15) is 0 Å². The number of amides is 1. The van der Waals surface area contributed by atoms with Crippen LogP contribution in [0.2, 0.25) is 0 Å². The van der Waals surface area contributed by atoms with Crippen molar-refractivity contribution in [3.05, 3.63) is 46.2 Å². The Morgan fingerprint density at radius 3 is 2.95 bits per heavy atom. The number of thiophene rings is 1. The maximum atomic E-state index is 12.2. The van der Waals surface area contributed by atoms with Gasteiger partial charge in [0.25, 0.3) is 5.91 Å². The normalized spacial score (nSPS) is 9.50. The van der Waals surface area contributed by atoms with E-state index in [-0.39, 0.29) is 12.5 Å². The Morgan fingerprint density at radius 2 is 2.20 bits per heavy atom. The highest BCUT2D eigenvalue weighted by Gasteiger charge is 2.14. The van der Waals surface area contributed by atoms with E-state index in [1.807, 2.05) is 12.1 Å². The Morgan fingerprint density at radius 1 is 1.40 bits per heavy atom. The van der Waals surface area contributed by atoms with Gasteiger partial charge in [-0.25, -0.2) is 0 Å². The Bertz CT molecular complexity index is 667. The first-order valence-corrected chi connectivity index (χ1v) is 6.76. The number of hydrogen-bond donors (Lipinski definition) is 2. The monoisotopic (exact) mass is 287 g/mol. The quantitative estimate of drug-likeness (QED) is 0.852. The smallest absolute Gasteiger partial charge is 0.269 e. The number of benzene rings is 1. The predicted molar refractivity (Wildman–Crippen MR) is 79.2 cm³/mol. The fourth-order valence-corrected chi connectivity index (χ4v) is 2.39. The molecule has 0 spiro atoms. The Labute approximate surface area is 121 Å². The number of nitrogens with one attached hydrogen (secondary N) is 1. The molecular weight excluding hydrogens is 274 g/mol. The van der Waals surface area contributed by atoms with E-state index in [4.69, 9.17) is 9.84 Å². The van der Waals surface area contributed by atoms with Crippen LogP contribution in [0.5, 0.6) is 5.75 Å². The van der Waals surface area contributed by atoms with Crippen molar-refractivity contribution in [1.82, 2.24) is 0 Å². The molecule has 0 radical (unpaired) electrons. The van der Waals surface area contributed by atoms with Crippen LogP contribution in [0.3, 0.4) is 0 Å². The van der Waals surface area contributed by atoms with Gasteiger partial charge < -0.3 is 15.2 Å². The minimum Gasteiger partial charge on any atom is -0.495 e. The highest BCUT2D eigenvalue weighted by molar-refractivity contribution is 7.12. The van der Waals surface area contributed by atoms with Crippen LogP contribution in [0.25, 0.3) is 0 Å². The summed E-state index contributed by atoms with van der Waals surface area (Å²) in [7, 11) is 1.53. The fourth-order valence-electron chi connectivity index (χ4n) is 1.64. The lowest BCUT2D eigenvalue weighted by molar-refractivity contribution is 0.102. The molecule has 0 bridgehead atoms. The molecule has 1 aromatic carbocycles. The highest BCUT2D eigenvalue weighted by Crippen LogP contribution is 2.26. The van der Waals surface area contributed by atoms with E-state index >= 15 is 0 Å². The average molecular weight is 287 g/mol. The summed E-state index contributed by atoms with van der Waals surface area (Å²) < 4.78 is 5.13. The molecule has 2 aromatic rings. The van der Waals surface area contributed by atoms with Crippen molar-refractivity contribution < 1.29 is 14.6 Å². The predicted octanol–water partition coefficient (Wildman–Crippen LogP) is 2.35. The zero-order valence-corrected chi connectivity index (χ0v) is 11.7. The lowest BCUT2D eigenvalue weighted by Gasteiger charge is -2.07. The standard InChI is InChI=1S/C15H13NO3S/c1-19-13-8-10-20-14(13)15(18)16-12-7-3-2-5-11(12)6-4-9-17/h2-3,5,7-8,10,17H,9H2,1H3,(H,16,18). The van der Waals surface area contributed by atoms with Crippen LogP contribution < -0.4 is 10.1 Å². The zero-order valence-electron chi connectivity index (χ0n) is 10.8. The van der Waals surface area contributed by atoms with Crippen molar-refractivity contribution in [2.45, 2.75) is 0 Å². The largest absolute Gasteiger partial charge is 0.495 e. The molecule has 0 atom stereocenters. The van der Waals surface area contributed by atoms with Gasteiger partial charge in [-0.3, -0.25) is 4.79 Å². The first-order chi connectivity index (χ1) is 9.76. The maximum Gasteiger partial charge on any atom is 0.269 e. The first kappa shape index (κ1) is 14.1. The van der Waals surface area contributed by atoms with Gasteiger partial charge in [0.05, 0.1) is 12.8 Å². The number of carbonyl (C=O) groups is 1. The van der Waals surface area contributed by atoms with E-state index in [9.17, 15) is 4.79 Å². The van der Waals surface area contributed by atoms with Crippen LogP contribution in [0, 0.1) is 11.8 Å². The van der Waals surface area contributed by atoms with Crippen molar-refractivity contribution >= 4 is 22.9 Å². The van der Waals surface area contributed by atoms with Gasteiger partial charge in [-0.05, 0) is 23.6 Å². The highest BCUT2D eigenvalue weighted by atomic mass is 32.1. The third-order valence-corrected chi connectivity index (χ3v) is 3.43. The Kier molecular flexibility index (Phi) is 4.77. The number of ether oxygens (including phenoxy) is 1. The molecule has 0 aliphatic rings. The van der Waals surface area contributed by atoms with E-state index in [1.165, 1.54) is 18.4 Å². The van der Waals surface area contributed by atoms with Crippen LogP contribution in [0.15, 0.2) is 35.7 Å². The summed E-state index contributed by atoms with van der Waals surface area (Å²) in [5.41, 5.74) is 1.26. The summed E-state index contributed by atoms with van der Waals surface area (Å²) in [4.78, 5) is 12.7. The van der Waals surface area contributed by atoms with Crippen LogP contribution >= 0.6 is 11.3 Å². The number of methoxy groups -OCH3 is 1. The van der Waals surface area contributed by atoms with Gasteiger partial charge in [0, 0.05) is 5.56 Å². The van der Waals surface area contributed by atoms with Crippen molar-refractivity contribution in [3.63, 3.8) is 0 Å². The van der Waals surface area contributed by atoms with Gasteiger partial charge in [0.2, 0.25) is 0 Å². The molecule has 0 aliphatic heterocycles. The number of aliphatic hydroxyl groups is 1. The number of carbonyl (C=O) groups excluding carboxylic acids is 1. The van der Waals surface area contributed by atoms with Gasteiger partial charge in [-0.1, -0.05) is 24.0 Å². The van der Waals surface area contributed by atoms with Crippen LogP contribution in [0.4, 0.5) is 5.69 Å². The molecule has 0 aliphatic carbocycles. The molecule has 1 amide bonds. The minimum atomic E-state index is -0.241. The molecule has 5 heteroatoms. The molecule has 20 heavy (non-hydrogen) atoms. The van der Waals surface area contributed by atoms with Gasteiger partial charge in [-0.15, -0.1) is 11.3 Å². The second-order valence-electron chi connectivity index (χ2n) is 3.78. The van der Waals surface area contributed by atoms with Gasteiger partial charge in [0.15, 0.2) is 0 Å². The molecule has 0 saturated carbocycles. The second-order valence-corrected chi connectivity index (χ2v) is 4.69. The second kappa shape index (κ2) is 6.75. The number of hydrogen-bond acceptors (Lipinski definition) is 4. The maximum absolute atomic E-state index is 12.2. The van der Waals surface area contributed by atoms with E-state index in [0.717, 1.165) is 0 Å². The van der Waals surface area contributed by atoms with E-state index in [2.05, 4.69) is 17.2 Å². The summed E-state index contributed by atoms with van der Waals surface area (Å²) in [6.45, 7) is -0.221. The SMILES string of the molecule is COc1ccsc1C(=O)Nc1ccccc1C#CCO. The van der Waals surface area contributed by atoms with Crippen molar-refractivity contribution in [1.29, 1.82) is 0 Å². The molecule has 2 N–H and O–H groups in total. The molecule has 0 saturated heterocycles. The lowest BCUT2D eigenvalue weighted by atomic mass is 10.2. The number of aliphatic hydroxyl groups excluding tert-OH is 1. The number of anilines is 1. The van der Waals surface area contributed by atoms with Crippen molar-refractivity contribution in [3.8, 4) is 17.6 Å². The number of para-hydroxylation sites is 1. The summed E-state index contributed by atoms with van der Waals surface area (Å²) in [5, 5.41) is 13.3. The Hall–Kier alpha value is -2.29. The fraction of sp³-hybridized carbons (Fsp3) is 0.133. The topological polar surface area (TPSA) is 58.6 Å². The molecule has 0 fully saturated rings. The van der Waals surface area contributed by atoms with E-state index < -0.39 is 0 Å². The third kappa shape index (κ3) is 3.18. The van der Waals surface area contributed by atoms with Crippen molar-refractivity contribution in [2.75, 3.05) is 19.0 Å². The van der Waals surface area contributed by atoms with E-state index in [1.54, 1.807) is 23.6 Å². The molecule has 0 unspecified atom stereocenters. The third-order valence-electron chi connectivity index (χ3n) is 2.53. The van der Waals surface area contributed by atoms with Crippen LogP contribution in [-0.4, -0.2) is 24.7 Å². The molecule has 102 valence electrons. The molecule has 2 rings (SSSR count). The van der Waals surface area contributed by atoms with Gasteiger partial charge in [0.1, 0.15) is 17.2 Å².